The second-order valence-electron chi connectivity index (χ2n) is 10.5. The Balaban J connectivity index is 1.54. The first-order valence-corrected chi connectivity index (χ1v) is 14.0. The van der Waals surface area contributed by atoms with Gasteiger partial charge in [0.25, 0.3) is 11.1 Å². The van der Waals surface area contributed by atoms with Gasteiger partial charge in [0, 0.05) is 19.6 Å². The number of nitrogen functional groups attached to an aromatic ring is 2. The molecule has 6 N–H and O–H groups in total. The minimum atomic E-state index is -0.908. The van der Waals surface area contributed by atoms with E-state index in [1.165, 1.54) is 9.13 Å². The summed E-state index contributed by atoms with van der Waals surface area (Å²) >= 11 is 6.60. The minimum Gasteiger partial charge on any atom is -0.395 e. The van der Waals surface area contributed by atoms with E-state index in [2.05, 4.69) is 51.8 Å². The van der Waals surface area contributed by atoms with Gasteiger partial charge in [0.2, 0.25) is 11.9 Å². The van der Waals surface area contributed by atoms with Crippen LogP contribution in [0.5, 0.6) is 0 Å². The van der Waals surface area contributed by atoms with Crippen LogP contribution in [0.4, 0.5) is 11.9 Å². The smallest absolute Gasteiger partial charge is 0.283 e. The number of aliphatic hydroxyl groups is 2. The number of aromatic nitrogens is 8. The lowest BCUT2D eigenvalue weighted by atomic mass is 10.0. The Labute approximate surface area is 245 Å². The molecule has 218 valence electrons. The number of imidazole rings is 2. The average molecular weight is 688 g/mol. The van der Waals surface area contributed by atoms with Crippen molar-refractivity contribution in [1.82, 2.24) is 38.2 Å². The van der Waals surface area contributed by atoms with Crippen molar-refractivity contribution in [3.05, 3.63) is 30.2 Å². The molecule has 0 aliphatic heterocycles. The number of rotatable bonds is 11. The molecule has 40 heavy (non-hydrogen) atoms. The van der Waals surface area contributed by atoms with Gasteiger partial charge in [-0.3, -0.25) is 18.7 Å². The number of halogens is 2. The fraction of sp³-hybridized carbons (Fsp3) is 0.565. The Morgan fingerprint density at radius 2 is 1.27 bits per heavy atom. The molecule has 0 bridgehead atoms. The highest BCUT2D eigenvalue weighted by Gasteiger charge is 2.31. The van der Waals surface area contributed by atoms with E-state index in [4.69, 9.17) is 16.2 Å². The average Bonchev–Trinajstić information content (AvgIpc) is 3.35. The maximum absolute atomic E-state index is 13.4. The zero-order chi connectivity index (χ0) is 29.6. The van der Waals surface area contributed by atoms with E-state index in [9.17, 15) is 19.8 Å². The van der Waals surface area contributed by atoms with E-state index in [0.29, 0.717) is 21.5 Å². The molecule has 0 saturated carbocycles. The summed E-state index contributed by atoms with van der Waals surface area (Å²) in [5.41, 5.74) is 10.7. The van der Waals surface area contributed by atoms with Crippen molar-refractivity contribution in [3.8, 4) is 0 Å². The lowest BCUT2D eigenvalue weighted by molar-refractivity contribution is -0.0580. The number of aliphatic hydroxyl groups excluding tert-OH is 2. The summed E-state index contributed by atoms with van der Waals surface area (Å²) in [4.78, 5) is 43.8. The van der Waals surface area contributed by atoms with Crippen molar-refractivity contribution >= 4 is 66.1 Å². The molecule has 4 rings (SSSR count). The monoisotopic (exact) mass is 686 g/mol. The third kappa shape index (κ3) is 5.52. The van der Waals surface area contributed by atoms with E-state index >= 15 is 0 Å². The first kappa shape index (κ1) is 30.1. The second-order valence-corrected chi connectivity index (χ2v) is 11.9. The normalized spacial score (nSPS) is 12.7. The van der Waals surface area contributed by atoms with Gasteiger partial charge in [0.1, 0.15) is 0 Å². The molecule has 15 nitrogen and oxygen atoms in total. The van der Waals surface area contributed by atoms with Gasteiger partial charge in [-0.05, 0) is 66.0 Å². The van der Waals surface area contributed by atoms with Crippen molar-refractivity contribution in [3.63, 3.8) is 0 Å². The Morgan fingerprint density at radius 1 is 0.775 bits per heavy atom. The lowest BCUT2D eigenvalue weighted by Gasteiger charge is -2.33. The molecular weight excluding hydrogens is 656 g/mol. The van der Waals surface area contributed by atoms with Crippen LogP contribution in [0, 0.1) is 0 Å². The number of hydrogen-bond acceptors (Lipinski definition) is 11. The van der Waals surface area contributed by atoms with Crippen LogP contribution < -0.4 is 22.6 Å². The van der Waals surface area contributed by atoms with Crippen LogP contribution >= 0.6 is 31.9 Å². The molecule has 0 atom stereocenters. The van der Waals surface area contributed by atoms with Gasteiger partial charge in [-0.25, -0.2) is 9.97 Å². The highest BCUT2D eigenvalue weighted by Crippen LogP contribution is 2.25. The quantitative estimate of drug-likeness (QED) is 0.162. The lowest BCUT2D eigenvalue weighted by Crippen LogP contribution is -2.44. The summed E-state index contributed by atoms with van der Waals surface area (Å²) in [6.45, 7) is 7.73. The van der Waals surface area contributed by atoms with Crippen LogP contribution in [0.25, 0.3) is 22.3 Å². The van der Waals surface area contributed by atoms with Gasteiger partial charge in [0.15, 0.2) is 31.8 Å². The topological polar surface area (TPSA) is 207 Å². The molecule has 0 aliphatic rings. The summed E-state index contributed by atoms with van der Waals surface area (Å²) < 4.78 is 12.8. The Kier molecular flexibility index (Phi) is 8.43. The van der Waals surface area contributed by atoms with Crippen LogP contribution in [0.3, 0.4) is 0 Å². The van der Waals surface area contributed by atoms with Gasteiger partial charge in [0.05, 0.1) is 31.0 Å². The molecule has 0 aromatic carbocycles. The number of fused-ring (bicyclic) bond motifs is 2. The third-order valence-corrected chi connectivity index (χ3v) is 7.81. The van der Waals surface area contributed by atoms with Crippen molar-refractivity contribution in [2.75, 3.05) is 31.3 Å². The molecule has 0 amide bonds. The molecular formula is C23H32Br2N10O5. The summed E-state index contributed by atoms with van der Waals surface area (Å²) in [6, 6.07) is 0. The Morgan fingerprint density at radius 3 is 1.80 bits per heavy atom. The van der Waals surface area contributed by atoms with Gasteiger partial charge in [-0.2, -0.15) is 9.97 Å². The zero-order valence-electron chi connectivity index (χ0n) is 22.6. The SMILES string of the molecule is CC(C)(CCn1c(N)nc2c(nc(Br)n2CCO)c1=O)OCC(C)(C)n1c(N)nc2c(nc(Br)n2CCO)c1=O. The van der Waals surface area contributed by atoms with Gasteiger partial charge in [-0.1, -0.05) is 0 Å². The summed E-state index contributed by atoms with van der Waals surface area (Å²) in [6.07, 6.45) is 0.388. The van der Waals surface area contributed by atoms with Crippen molar-refractivity contribution in [2.24, 2.45) is 0 Å². The molecule has 4 aromatic rings. The summed E-state index contributed by atoms with van der Waals surface area (Å²) in [5.74, 6) is 0.00622. The van der Waals surface area contributed by atoms with E-state index in [1.54, 1.807) is 23.0 Å². The Bertz CT molecular complexity index is 1690. The maximum atomic E-state index is 13.4. The standard InChI is InChI=1S/C23H32Br2N10O5/c1-22(2,35-17(39)13-15(31-21(35)27)33(8-10-37)19(25)29-13)11-40-23(3,4)5-6-34-16(38)12-14(30-20(34)26)32(7-9-36)18(24)28-12/h36-37H,5-11H2,1-4H3,(H2,26,30)(H2,27,31). The predicted octanol–water partition coefficient (Wildman–Crippen LogP) is 0.794. The summed E-state index contributed by atoms with van der Waals surface area (Å²) in [7, 11) is 0. The van der Waals surface area contributed by atoms with E-state index < -0.39 is 22.3 Å². The van der Waals surface area contributed by atoms with Crippen LogP contribution in [0.15, 0.2) is 19.1 Å². The number of hydrogen-bond donors (Lipinski definition) is 4. The maximum Gasteiger partial charge on any atom is 0.283 e. The molecule has 0 aliphatic carbocycles. The minimum absolute atomic E-state index is 0.0130. The molecule has 4 heterocycles. The number of nitrogens with two attached hydrogens (primary N) is 2. The molecule has 0 unspecified atom stereocenters. The first-order valence-electron chi connectivity index (χ1n) is 12.4. The second kappa shape index (κ2) is 11.2. The molecule has 17 heteroatoms. The fourth-order valence-corrected chi connectivity index (χ4v) is 5.45. The van der Waals surface area contributed by atoms with Crippen molar-refractivity contribution in [1.29, 1.82) is 0 Å². The highest BCUT2D eigenvalue weighted by atomic mass is 79.9. The largest absolute Gasteiger partial charge is 0.395 e. The first-order chi connectivity index (χ1) is 18.7. The number of anilines is 2. The van der Waals surface area contributed by atoms with Crippen LogP contribution in [0.1, 0.15) is 34.1 Å². The predicted molar refractivity (Wildman–Crippen MR) is 156 cm³/mol. The third-order valence-electron chi connectivity index (χ3n) is 6.59. The van der Waals surface area contributed by atoms with Crippen LogP contribution in [-0.4, -0.2) is 73.8 Å². The van der Waals surface area contributed by atoms with Crippen LogP contribution in [-0.2, 0) is 29.9 Å². The highest BCUT2D eigenvalue weighted by molar-refractivity contribution is 9.10. The van der Waals surface area contributed by atoms with E-state index in [0.717, 1.165) is 0 Å². The Hall–Kier alpha value is -2.86. The van der Waals surface area contributed by atoms with E-state index in [-0.39, 0.29) is 68.0 Å². The molecule has 0 radical (unpaired) electrons. The summed E-state index contributed by atoms with van der Waals surface area (Å²) in [5, 5.41) is 18.7. The van der Waals surface area contributed by atoms with Gasteiger partial charge in [-0.15, -0.1) is 0 Å². The van der Waals surface area contributed by atoms with Crippen molar-refractivity contribution < 1.29 is 14.9 Å². The number of nitrogens with zero attached hydrogens (tertiary/aromatic N) is 8. The fourth-order valence-electron chi connectivity index (χ4n) is 4.41. The molecule has 0 spiro atoms. The zero-order valence-corrected chi connectivity index (χ0v) is 25.7. The van der Waals surface area contributed by atoms with Gasteiger partial charge < -0.3 is 35.6 Å². The molecule has 0 fully saturated rings. The van der Waals surface area contributed by atoms with E-state index in [1.807, 2.05) is 13.8 Å². The number of ether oxygens (including phenoxy) is 1. The molecule has 4 aromatic heterocycles. The van der Waals surface area contributed by atoms with Crippen molar-refractivity contribution in [2.45, 2.75) is 64.9 Å². The van der Waals surface area contributed by atoms with Crippen LogP contribution in [0.2, 0.25) is 0 Å². The molecule has 0 saturated heterocycles. The van der Waals surface area contributed by atoms with Gasteiger partial charge >= 0.3 is 0 Å².